The van der Waals surface area contributed by atoms with E-state index < -0.39 is 10.8 Å². The normalized spacial score (nSPS) is 11.8. The number of hydrogen-bond donors (Lipinski definition) is 2. The summed E-state index contributed by atoms with van der Waals surface area (Å²) in [5, 5.41) is 11.8. The van der Waals surface area contributed by atoms with Gasteiger partial charge in [0.05, 0.1) is 17.4 Å². The van der Waals surface area contributed by atoms with Gasteiger partial charge in [0.15, 0.2) is 0 Å². The zero-order valence-electron chi connectivity index (χ0n) is 9.06. The SMILES string of the molecule is CCS(=O)CCNc1ncc(N)cc1C#N. The number of nitrogen functional groups attached to an aromatic ring is 1. The molecule has 3 N–H and O–H groups in total. The fraction of sp³-hybridized carbons (Fsp3) is 0.400. The maximum absolute atomic E-state index is 11.2. The molecule has 0 fully saturated rings. The first kappa shape index (κ1) is 12.5. The first-order valence-electron chi connectivity index (χ1n) is 4.91. The van der Waals surface area contributed by atoms with Crippen LogP contribution < -0.4 is 11.1 Å². The predicted octanol–water partition coefficient (Wildman–Crippen LogP) is 0.716. The molecule has 0 spiro atoms. The Morgan fingerprint density at radius 3 is 3.06 bits per heavy atom. The second-order valence-corrected chi connectivity index (χ2v) is 5.00. The van der Waals surface area contributed by atoms with E-state index in [2.05, 4.69) is 10.3 Å². The van der Waals surface area contributed by atoms with Gasteiger partial charge in [-0.05, 0) is 6.07 Å². The molecule has 6 heteroatoms. The standard InChI is InChI=1S/C10H14N4OS/c1-2-16(15)4-3-13-10-8(6-11)5-9(12)7-14-10/h5,7H,2-4,12H2,1H3,(H,13,14). The van der Waals surface area contributed by atoms with E-state index in [0.717, 1.165) is 0 Å². The Balaban J connectivity index is 2.61. The van der Waals surface area contributed by atoms with Crippen molar-refractivity contribution in [2.24, 2.45) is 0 Å². The van der Waals surface area contributed by atoms with E-state index in [4.69, 9.17) is 11.0 Å². The lowest BCUT2D eigenvalue weighted by Gasteiger charge is -2.06. The van der Waals surface area contributed by atoms with E-state index in [1.807, 2.05) is 13.0 Å². The average molecular weight is 238 g/mol. The molecule has 86 valence electrons. The summed E-state index contributed by atoms with van der Waals surface area (Å²) >= 11 is 0. The molecule has 0 aliphatic heterocycles. The molecule has 16 heavy (non-hydrogen) atoms. The van der Waals surface area contributed by atoms with Gasteiger partial charge < -0.3 is 11.1 Å². The molecular formula is C10H14N4OS. The Labute approximate surface area is 97.1 Å². The molecule has 1 aromatic rings. The number of pyridine rings is 1. The van der Waals surface area contributed by atoms with Crippen molar-refractivity contribution in [2.45, 2.75) is 6.92 Å². The molecular weight excluding hydrogens is 224 g/mol. The van der Waals surface area contributed by atoms with Gasteiger partial charge in [-0.25, -0.2) is 4.98 Å². The number of nitriles is 1. The minimum absolute atomic E-state index is 0.405. The molecule has 0 aliphatic rings. The Bertz CT molecular complexity index is 427. The highest BCUT2D eigenvalue weighted by Crippen LogP contribution is 2.13. The van der Waals surface area contributed by atoms with Crippen molar-refractivity contribution >= 4 is 22.3 Å². The van der Waals surface area contributed by atoms with Crippen LogP contribution in [0, 0.1) is 11.3 Å². The zero-order valence-corrected chi connectivity index (χ0v) is 9.88. The molecule has 1 rings (SSSR count). The van der Waals surface area contributed by atoms with Crippen LogP contribution in [0.25, 0.3) is 0 Å². The summed E-state index contributed by atoms with van der Waals surface area (Å²) in [4.78, 5) is 4.01. The maximum atomic E-state index is 11.2. The average Bonchev–Trinajstić information content (AvgIpc) is 2.30. The second kappa shape index (κ2) is 6.08. The van der Waals surface area contributed by atoms with Crippen LogP contribution >= 0.6 is 0 Å². The van der Waals surface area contributed by atoms with Crippen LogP contribution in [0.15, 0.2) is 12.3 Å². The van der Waals surface area contributed by atoms with Gasteiger partial charge in [0, 0.05) is 28.9 Å². The number of aromatic nitrogens is 1. The largest absolute Gasteiger partial charge is 0.397 e. The molecule has 0 saturated heterocycles. The summed E-state index contributed by atoms with van der Waals surface area (Å²) in [5.74, 6) is 1.68. The number of nitrogens with one attached hydrogen (secondary N) is 1. The van der Waals surface area contributed by atoms with Crippen molar-refractivity contribution in [3.05, 3.63) is 17.8 Å². The highest BCUT2D eigenvalue weighted by atomic mass is 32.2. The minimum Gasteiger partial charge on any atom is -0.397 e. The van der Waals surface area contributed by atoms with E-state index in [-0.39, 0.29) is 0 Å². The van der Waals surface area contributed by atoms with Gasteiger partial charge in [-0.3, -0.25) is 4.21 Å². The van der Waals surface area contributed by atoms with Gasteiger partial charge >= 0.3 is 0 Å². The van der Waals surface area contributed by atoms with E-state index in [1.54, 1.807) is 6.07 Å². The summed E-state index contributed by atoms with van der Waals surface area (Å²) < 4.78 is 11.2. The highest BCUT2D eigenvalue weighted by molar-refractivity contribution is 7.84. The van der Waals surface area contributed by atoms with Crippen LogP contribution in [-0.2, 0) is 10.8 Å². The molecule has 0 amide bonds. The Morgan fingerprint density at radius 2 is 2.44 bits per heavy atom. The number of nitrogens with two attached hydrogens (primary N) is 1. The summed E-state index contributed by atoms with van der Waals surface area (Å²) in [7, 11) is -0.811. The smallest absolute Gasteiger partial charge is 0.144 e. The monoisotopic (exact) mass is 238 g/mol. The molecule has 1 unspecified atom stereocenters. The van der Waals surface area contributed by atoms with Gasteiger partial charge in [0.1, 0.15) is 11.9 Å². The molecule has 0 aliphatic carbocycles. The van der Waals surface area contributed by atoms with Gasteiger partial charge in [-0.1, -0.05) is 6.92 Å². The van der Waals surface area contributed by atoms with Gasteiger partial charge in [0.25, 0.3) is 0 Å². The third-order valence-electron chi connectivity index (χ3n) is 1.97. The van der Waals surface area contributed by atoms with E-state index >= 15 is 0 Å². The third kappa shape index (κ3) is 3.51. The van der Waals surface area contributed by atoms with Crippen molar-refractivity contribution in [1.82, 2.24) is 4.98 Å². The molecule has 1 aromatic heterocycles. The lowest BCUT2D eigenvalue weighted by molar-refractivity contribution is 0.684. The van der Waals surface area contributed by atoms with Crippen LogP contribution in [0.3, 0.4) is 0 Å². The van der Waals surface area contributed by atoms with Crippen LogP contribution in [0.2, 0.25) is 0 Å². The molecule has 0 saturated carbocycles. The van der Waals surface area contributed by atoms with E-state index in [9.17, 15) is 4.21 Å². The van der Waals surface area contributed by atoms with E-state index in [1.165, 1.54) is 6.20 Å². The number of rotatable bonds is 5. The Hall–Kier alpha value is -1.61. The van der Waals surface area contributed by atoms with Crippen LogP contribution in [0.5, 0.6) is 0 Å². The number of hydrogen-bond acceptors (Lipinski definition) is 5. The Morgan fingerprint density at radius 1 is 1.69 bits per heavy atom. The van der Waals surface area contributed by atoms with Crippen LogP contribution in [0.1, 0.15) is 12.5 Å². The first-order valence-corrected chi connectivity index (χ1v) is 6.40. The van der Waals surface area contributed by atoms with Gasteiger partial charge in [-0.2, -0.15) is 5.26 Å². The van der Waals surface area contributed by atoms with Crippen molar-refractivity contribution < 1.29 is 4.21 Å². The van der Waals surface area contributed by atoms with Gasteiger partial charge in [-0.15, -0.1) is 0 Å². The lowest BCUT2D eigenvalue weighted by atomic mass is 10.2. The Kier molecular flexibility index (Phi) is 4.73. The second-order valence-electron chi connectivity index (χ2n) is 3.14. The molecule has 0 bridgehead atoms. The lowest BCUT2D eigenvalue weighted by Crippen LogP contribution is -2.13. The summed E-state index contributed by atoms with van der Waals surface area (Å²) in [6, 6.07) is 3.57. The number of nitrogens with zero attached hydrogens (tertiary/aromatic N) is 2. The molecule has 1 atom stereocenters. The zero-order chi connectivity index (χ0) is 12.0. The fourth-order valence-electron chi connectivity index (χ4n) is 1.13. The summed E-state index contributed by atoms with van der Waals surface area (Å²) in [6.07, 6.45) is 1.49. The topological polar surface area (TPSA) is 91.8 Å². The number of anilines is 2. The van der Waals surface area contributed by atoms with Crippen molar-refractivity contribution in [2.75, 3.05) is 29.1 Å². The summed E-state index contributed by atoms with van der Waals surface area (Å²) in [5.41, 5.74) is 6.37. The highest BCUT2D eigenvalue weighted by Gasteiger charge is 2.04. The quantitative estimate of drug-likeness (QED) is 0.788. The molecule has 0 radical (unpaired) electrons. The van der Waals surface area contributed by atoms with Crippen LogP contribution in [0.4, 0.5) is 11.5 Å². The summed E-state index contributed by atoms with van der Waals surface area (Å²) in [6.45, 7) is 2.41. The van der Waals surface area contributed by atoms with Crippen molar-refractivity contribution in [3.63, 3.8) is 0 Å². The van der Waals surface area contributed by atoms with Crippen LogP contribution in [-0.4, -0.2) is 27.2 Å². The minimum atomic E-state index is -0.811. The molecule has 5 nitrogen and oxygen atoms in total. The maximum Gasteiger partial charge on any atom is 0.144 e. The molecule has 1 heterocycles. The third-order valence-corrected chi connectivity index (χ3v) is 3.28. The predicted molar refractivity (Wildman–Crippen MR) is 65.4 cm³/mol. The van der Waals surface area contributed by atoms with Gasteiger partial charge in [0.2, 0.25) is 0 Å². The molecule has 0 aromatic carbocycles. The first-order chi connectivity index (χ1) is 7.67. The van der Waals surface area contributed by atoms with E-state index in [0.29, 0.717) is 35.1 Å². The fourth-order valence-corrected chi connectivity index (χ4v) is 1.75. The van der Waals surface area contributed by atoms with Crippen molar-refractivity contribution in [1.29, 1.82) is 5.26 Å². The van der Waals surface area contributed by atoms with Crippen molar-refractivity contribution in [3.8, 4) is 6.07 Å².